The number of fused-ring (bicyclic) bond motifs is 1. The van der Waals surface area contributed by atoms with Crippen molar-refractivity contribution >= 4 is 52.3 Å². The highest BCUT2D eigenvalue weighted by Gasteiger charge is 2.24. The summed E-state index contributed by atoms with van der Waals surface area (Å²) in [6.07, 6.45) is 3.48. The monoisotopic (exact) mass is 420 g/mol. The zero-order valence-electron chi connectivity index (χ0n) is 15.2. The summed E-state index contributed by atoms with van der Waals surface area (Å²) in [5.74, 6) is -0.573. The summed E-state index contributed by atoms with van der Waals surface area (Å²) < 4.78 is 14.3. The van der Waals surface area contributed by atoms with Crippen LogP contribution in [-0.2, 0) is 0 Å². The summed E-state index contributed by atoms with van der Waals surface area (Å²) in [7, 11) is 0. The summed E-state index contributed by atoms with van der Waals surface area (Å²) in [6, 6.07) is 7.95. The van der Waals surface area contributed by atoms with Crippen LogP contribution in [0.15, 0.2) is 36.5 Å². The SMILES string of the molecule is Cc1ccc2c(Nc3cc(Cl)ccc3F)c(C(=O)N3CCCC3)cnc2n1.Cl. The third-order valence-electron chi connectivity index (χ3n) is 4.68. The van der Waals surface area contributed by atoms with Gasteiger partial charge in [0.25, 0.3) is 5.91 Å². The van der Waals surface area contributed by atoms with Crippen LogP contribution in [-0.4, -0.2) is 33.9 Å². The molecule has 0 spiro atoms. The van der Waals surface area contributed by atoms with Gasteiger partial charge >= 0.3 is 0 Å². The van der Waals surface area contributed by atoms with Gasteiger partial charge in [0.15, 0.2) is 5.65 Å². The minimum absolute atomic E-state index is 0. The molecule has 4 rings (SSSR count). The van der Waals surface area contributed by atoms with Crippen LogP contribution in [0, 0.1) is 12.7 Å². The number of aryl methyl sites for hydroxylation is 1. The van der Waals surface area contributed by atoms with Crippen LogP contribution in [0.5, 0.6) is 0 Å². The summed E-state index contributed by atoms with van der Waals surface area (Å²) in [5, 5.41) is 4.12. The number of halogens is 3. The van der Waals surface area contributed by atoms with Gasteiger partial charge in [0.1, 0.15) is 5.82 Å². The maximum atomic E-state index is 14.3. The molecule has 3 heterocycles. The third kappa shape index (κ3) is 3.88. The van der Waals surface area contributed by atoms with Crippen LogP contribution in [0.1, 0.15) is 28.9 Å². The van der Waals surface area contributed by atoms with E-state index in [0.29, 0.717) is 40.4 Å². The van der Waals surface area contributed by atoms with E-state index in [9.17, 15) is 9.18 Å². The second-order valence-electron chi connectivity index (χ2n) is 6.62. The highest BCUT2D eigenvalue weighted by Crippen LogP contribution is 2.32. The summed E-state index contributed by atoms with van der Waals surface area (Å²) in [4.78, 5) is 23.6. The van der Waals surface area contributed by atoms with Crippen LogP contribution in [0.2, 0.25) is 5.02 Å². The molecule has 1 aromatic carbocycles. The van der Waals surface area contributed by atoms with E-state index in [2.05, 4.69) is 15.3 Å². The lowest BCUT2D eigenvalue weighted by molar-refractivity contribution is 0.0793. The zero-order valence-corrected chi connectivity index (χ0v) is 16.8. The van der Waals surface area contributed by atoms with Gasteiger partial charge in [0, 0.05) is 35.4 Å². The molecule has 1 N–H and O–H groups in total. The second kappa shape index (κ2) is 8.29. The fourth-order valence-electron chi connectivity index (χ4n) is 3.29. The molecular formula is C20H19Cl2FN4O. The molecule has 1 aliphatic rings. The van der Waals surface area contributed by atoms with Gasteiger partial charge in [-0.25, -0.2) is 14.4 Å². The van der Waals surface area contributed by atoms with E-state index in [-0.39, 0.29) is 24.0 Å². The minimum Gasteiger partial charge on any atom is -0.352 e. The van der Waals surface area contributed by atoms with Gasteiger partial charge < -0.3 is 10.2 Å². The molecule has 3 aromatic rings. The Morgan fingerprint density at radius 1 is 1.21 bits per heavy atom. The van der Waals surface area contributed by atoms with E-state index in [1.807, 2.05) is 19.1 Å². The smallest absolute Gasteiger partial charge is 0.257 e. The standard InChI is InChI=1S/C20H18ClFN4O.ClH/c1-12-4-6-14-18(25-17-10-13(21)5-7-16(17)22)15(11-23-19(14)24-12)20(27)26-8-2-3-9-26;/h4-7,10-11H,2-3,8-9H2,1H3,(H,23,24,25);1H. The average Bonchev–Trinajstić information content (AvgIpc) is 3.19. The van der Waals surface area contributed by atoms with E-state index in [1.54, 1.807) is 4.90 Å². The lowest BCUT2D eigenvalue weighted by Gasteiger charge is -2.19. The van der Waals surface area contributed by atoms with Gasteiger partial charge in [-0.2, -0.15) is 0 Å². The molecule has 146 valence electrons. The maximum Gasteiger partial charge on any atom is 0.257 e. The first-order valence-corrected chi connectivity index (χ1v) is 9.18. The lowest BCUT2D eigenvalue weighted by atomic mass is 10.1. The highest BCUT2D eigenvalue weighted by atomic mass is 35.5. The molecule has 1 amide bonds. The Morgan fingerprint density at radius 2 is 1.96 bits per heavy atom. The Balaban J connectivity index is 0.00000225. The van der Waals surface area contributed by atoms with E-state index < -0.39 is 5.82 Å². The van der Waals surface area contributed by atoms with Gasteiger partial charge in [0.2, 0.25) is 0 Å². The number of carbonyl (C=O) groups excluding carboxylic acids is 1. The van der Waals surface area contributed by atoms with Crippen molar-refractivity contribution in [1.82, 2.24) is 14.9 Å². The number of benzene rings is 1. The number of anilines is 2. The Kier molecular flexibility index (Phi) is 6.01. The van der Waals surface area contributed by atoms with Crippen molar-refractivity contribution < 1.29 is 9.18 Å². The first-order chi connectivity index (χ1) is 13.0. The molecule has 1 fully saturated rings. The van der Waals surface area contributed by atoms with E-state index in [1.165, 1.54) is 24.4 Å². The molecule has 2 aromatic heterocycles. The number of nitrogens with zero attached hydrogens (tertiary/aromatic N) is 3. The van der Waals surface area contributed by atoms with Gasteiger partial charge in [-0.3, -0.25) is 4.79 Å². The number of likely N-dealkylation sites (tertiary alicyclic amines) is 1. The summed E-state index contributed by atoms with van der Waals surface area (Å²) in [6.45, 7) is 3.30. The van der Waals surface area contributed by atoms with Crippen LogP contribution < -0.4 is 5.32 Å². The van der Waals surface area contributed by atoms with Gasteiger partial charge in [-0.15, -0.1) is 12.4 Å². The van der Waals surface area contributed by atoms with E-state index >= 15 is 0 Å². The average molecular weight is 421 g/mol. The molecule has 5 nitrogen and oxygen atoms in total. The Morgan fingerprint density at radius 3 is 2.71 bits per heavy atom. The van der Waals surface area contributed by atoms with Crippen molar-refractivity contribution in [2.45, 2.75) is 19.8 Å². The molecule has 1 saturated heterocycles. The highest BCUT2D eigenvalue weighted by molar-refractivity contribution is 6.30. The van der Waals surface area contributed by atoms with E-state index in [4.69, 9.17) is 11.6 Å². The third-order valence-corrected chi connectivity index (χ3v) is 4.92. The minimum atomic E-state index is -0.455. The number of pyridine rings is 2. The van der Waals surface area contributed by atoms with Gasteiger partial charge in [0.05, 0.1) is 16.9 Å². The number of carbonyl (C=O) groups is 1. The van der Waals surface area contributed by atoms with Crippen molar-refractivity contribution in [3.05, 3.63) is 58.6 Å². The lowest BCUT2D eigenvalue weighted by Crippen LogP contribution is -2.28. The molecule has 0 aliphatic carbocycles. The number of aromatic nitrogens is 2. The maximum absolute atomic E-state index is 14.3. The molecule has 0 unspecified atom stereocenters. The molecular weight excluding hydrogens is 402 g/mol. The first-order valence-electron chi connectivity index (χ1n) is 8.80. The van der Waals surface area contributed by atoms with Crippen LogP contribution >= 0.6 is 24.0 Å². The number of rotatable bonds is 3. The fraction of sp³-hybridized carbons (Fsp3) is 0.250. The molecule has 0 atom stereocenters. The van der Waals surface area contributed by atoms with Crippen molar-refractivity contribution in [2.24, 2.45) is 0 Å². The molecule has 8 heteroatoms. The predicted molar refractivity (Wildman–Crippen MR) is 111 cm³/mol. The van der Waals surface area contributed by atoms with Crippen molar-refractivity contribution in [3.63, 3.8) is 0 Å². The predicted octanol–water partition coefficient (Wildman–Crippen LogP) is 5.13. The van der Waals surface area contributed by atoms with Crippen molar-refractivity contribution in [1.29, 1.82) is 0 Å². The van der Waals surface area contributed by atoms with Crippen molar-refractivity contribution in [2.75, 3.05) is 18.4 Å². The largest absolute Gasteiger partial charge is 0.352 e. The van der Waals surface area contributed by atoms with Crippen LogP contribution in [0.25, 0.3) is 11.0 Å². The molecule has 0 radical (unpaired) electrons. The summed E-state index contributed by atoms with van der Waals surface area (Å²) in [5.41, 5.74) is 2.40. The molecule has 0 bridgehead atoms. The first kappa shape index (κ1) is 20.3. The van der Waals surface area contributed by atoms with E-state index in [0.717, 1.165) is 18.5 Å². The molecule has 28 heavy (non-hydrogen) atoms. The number of amides is 1. The van der Waals surface area contributed by atoms with Gasteiger partial charge in [-0.05, 0) is 50.1 Å². The number of hydrogen-bond acceptors (Lipinski definition) is 4. The summed E-state index contributed by atoms with van der Waals surface area (Å²) >= 11 is 6.02. The number of hydrogen-bond donors (Lipinski definition) is 1. The Labute approximate surface area is 173 Å². The molecule has 0 saturated carbocycles. The quantitative estimate of drug-likeness (QED) is 0.637. The van der Waals surface area contributed by atoms with Crippen LogP contribution in [0.4, 0.5) is 15.8 Å². The molecule has 1 aliphatic heterocycles. The van der Waals surface area contributed by atoms with Gasteiger partial charge in [-0.1, -0.05) is 11.6 Å². The second-order valence-corrected chi connectivity index (χ2v) is 7.06. The zero-order chi connectivity index (χ0) is 19.0. The van der Waals surface area contributed by atoms with Crippen LogP contribution in [0.3, 0.4) is 0 Å². The van der Waals surface area contributed by atoms with Crippen molar-refractivity contribution in [3.8, 4) is 0 Å². The topological polar surface area (TPSA) is 58.1 Å². The fourth-order valence-corrected chi connectivity index (χ4v) is 3.46. The number of nitrogens with one attached hydrogen (secondary N) is 1. The Bertz CT molecular complexity index is 1040. The normalized spacial score (nSPS) is 13.5. The Hall–Kier alpha value is -2.44.